The molecule has 1 aromatic carbocycles. The number of rotatable bonds is 4. The highest BCUT2D eigenvalue weighted by Gasteiger charge is 2.18. The van der Waals surface area contributed by atoms with Gasteiger partial charge in [0.15, 0.2) is 0 Å². The van der Waals surface area contributed by atoms with Crippen molar-refractivity contribution in [3.8, 4) is 6.07 Å². The summed E-state index contributed by atoms with van der Waals surface area (Å²) in [6.07, 6.45) is 7.58. The molecule has 3 N–H and O–H groups in total. The normalized spacial score (nSPS) is 15.9. The van der Waals surface area contributed by atoms with Crippen LogP contribution in [0.15, 0.2) is 36.0 Å². The Bertz CT molecular complexity index is 580. The van der Waals surface area contributed by atoms with Crippen molar-refractivity contribution in [2.24, 2.45) is 0 Å². The molecule has 5 heteroatoms. The number of hydrogen-bond donors (Lipinski definition) is 2. The van der Waals surface area contributed by atoms with Crippen LogP contribution in [0.3, 0.4) is 0 Å². The third kappa shape index (κ3) is 4.26. The first-order valence-corrected chi connectivity index (χ1v) is 7.61. The summed E-state index contributed by atoms with van der Waals surface area (Å²) in [6, 6.07) is 9.25. The molecule has 1 fully saturated rings. The van der Waals surface area contributed by atoms with Crippen LogP contribution in [0.4, 0.5) is 11.4 Å². The summed E-state index contributed by atoms with van der Waals surface area (Å²) >= 11 is 0. The van der Waals surface area contributed by atoms with E-state index >= 15 is 0 Å². The van der Waals surface area contributed by atoms with E-state index in [1.807, 2.05) is 18.0 Å². The summed E-state index contributed by atoms with van der Waals surface area (Å²) in [4.78, 5) is 14.2. The van der Waals surface area contributed by atoms with E-state index in [-0.39, 0.29) is 5.57 Å². The predicted octanol–water partition coefficient (Wildman–Crippen LogP) is 2.88. The van der Waals surface area contributed by atoms with Gasteiger partial charge in [0.05, 0.1) is 0 Å². The van der Waals surface area contributed by atoms with Crippen molar-refractivity contribution >= 4 is 17.3 Å². The zero-order valence-corrected chi connectivity index (χ0v) is 12.9. The molecule has 1 aromatic rings. The number of amides is 1. The topological polar surface area (TPSA) is 82.2 Å². The van der Waals surface area contributed by atoms with E-state index in [2.05, 4.69) is 5.32 Å². The predicted molar refractivity (Wildman–Crippen MR) is 87.8 cm³/mol. The van der Waals surface area contributed by atoms with Gasteiger partial charge in [-0.25, -0.2) is 0 Å². The lowest BCUT2D eigenvalue weighted by Gasteiger charge is -2.30. The van der Waals surface area contributed by atoms with Crippen LogP contribution < -0.4 is 11.1 Å². The fourth-order valence-corrected chi connectivity index (χ4v) is 2.70. The van der Waals surface area contributed by atoms with Crippen LogP contribution in [0.1, 0.15) is 32.1 Å². The summed E-state index contributed by atoms with van der Waals surface area (Å²) in [5.74, 6) is -0.394. The molecule has 22 heavy (non-hydrogen) atoms. The van der Waals surface area contributed by atoms with Gasteiger partial charge < -0.3 is 16.0 Å². The molecule has 0 spiro atoms. The highest BCUT2D eigenvalue weighted by molar-refractivity contribution is 6.06. The zero-order valence-electron chi connectivity index (χ0n) is 12.9. The standard InChI is InChI=1S/C17H22N4O/c1-21(16-5-3-2-4-6-16)12-13(11-18)17(22)20-15-9-7-14(19)8-10-15/h7-10,12,16H,2-6,19H2,1H3,(H,20,22)/b13-12-. The third-order valence-electron chi connectivity index (χ3n) is 4.02. The molecule has 0 radical (unpaired) electrons. The van der Waals surface area contributed by atoms with Gasteiger partial charge in [-0.3, -0.25) is 4.79 Å². The molecular formula is C17H22N4O. The van der Waals surface area contributed by atoms with E-state index in [0.29, 0.717) is 17.4 Å². The van der Waals surface area contributed by atoms with Gasteiger partial charge in [0.25, 0.3) is 5.91 Å². The van der Waals surface area contributed by atoms with E-state index in [1.54, 1.807) is 30.5 Å². The molecule has 1 amide bonds. The van der Waals surface area contributed by atoms with Gasteiger partial charge in [-0.15, -0.1) is 0 Å². The molecule has 2 rings (SSSR count). The van der Waals surface area contributed by atoms with Crippen molar-refractivity contribution in [1.82, 2.24) is 4.90 Å². The lowest BCUT2D eigenvalue weighted by molar-refractivity contribution is -0.112. The van der Waals surface area contributed by atoms with E-state index < -0.39 is 5.91 Å². The average Bonchev–Trinajstić information content (AvgIpc) is 2.55. The first-order valence-electron chi connectivity index (χ1n) is 7.61. The van der Waals surface area contributed by atoms with Crippen LogP contribution in [0.2, 0.25) is 0 Å². The summed E-state index contributed by atoms with van der Waals surface area (Å²) in [6.45, 7) is 0. The molecule has 0 heterocycles. The number of nitrogens with one attached hydrogen (secondary N) is 1. The van der Waals surface area contributed by atoms with Gasteiger partial charge in [-0.05, 0) is 37.1 Å². The Hall–Kier alpha value is -2.48. The molecular weight excluding hydrogens is 276 g/mol. The van der Waals surface area contributed by atoms with Crippen molar-refractivity contribution in [2.45, 2.75) is 38.1 Å². The molecule has 0 saturated heterocycles. The van der Waals surface area contributed by atoms with Crippen molar-refractivity contribution in [2.75, 3.05) is 18.1 Å². The minimum Gasteiger partial charge on any atom is -0.399 e. The van der Waals surface area contributed by atoms with Crippen LogP contribution in [-0.4, -0.2) is 23.9 Å². The average molecular weight is 298 g/mol. The van der Waals surface area contributed by atoms with Crippen molar-refractivity contribution < 1.29 is 4.79 Å². The minimum absolute atomic E-state index is 0.116. The smallest absolute Gasteiger partial charge is 0.267 e. The second-order valence-corrected chi connectivity index (χ2v) is 5.69. The van der Waals surface area contributed by atoms with Crippen LogP contribution >= 0.6 is 0 Å². The lowest BCUT2D eigenvalue weighted by Crippen LogP contribution is -2.30. The first kappa shape index (κ1) is 15.9. The zero-order chi connectivity index (χ0) is 15.9. The highest BCUT2D eigenvalue weighted by atomic mass is 16.1. The SMILES string of the molecule is CN(/C=C(/C#N)C(=O)Nc1ccc(N)cc1)C1CCCCC1. The van der Waals surface area contributed by atoms with Gasteiger partial charge in [0, 0.05) is 30.7 Å². The fraction of sp³-hybridized carbons (Fsp3) is 0.412. The van der Waals surface area contributed by atoms with Gasteiger partial charge in [-0.1, -0.05) is 19.3 Å². The maximum Gasteiger partial charge on any atom is 0.267 e. The quantitative estimate of drug-likeness (QED) is 0.509. The monoisotopic (exact) mass is 298 g/mol. The number of benzene rings is 1. The molecule has 1 aliphatic carbocycles. The molecule has 0 unspecified atom stereocenters. The summed E-state index contributed by atoms with van der Waals surface area (Å²) in [5.41, 5.74) is 6.98. The number of anilines is 2. The largest absolute Gasteiger partial charge is 0.399 e. The fourth-order valence-electron chi connectivity index (χ4n) is 2.70. The van der Waals surface area contributed by atoms with Crippen molar-refractivity contribution in [3.63, 3.8) is 0 Å². The van der Waals surface area contributed by atoms with E-state index in [9.17, 15) is 10.1 Å². The van der Waals surface area contributed by atoms with Crippen LogP contribution in [0.5, 0.6) is 0 Å². The second kappa shape index (κ2) is 7.51. The number of hydrogen-bond acceptors (Lipinski definition) is 4. The molecule has 5 nitrogen and oxygen atoms in total. The number of nitrogens with zero attached hydrogens (tertiary/aromatic N) is 2. The van der Waals surface area contributed by atoms with E-state index in [4.69, 9.17) is 5.73 Å². The number of nitrogen functional groups attached to an aromatic ring is 1. The Labute approximate surface area is 131 Å². The lowest BCUT2D eigenvalue weighted by atomic mass is 9.94. The molecule has 0 aromatic heterocycles. The summed E-state index contributed by atoms with van der Waals surface area (Å²) in [7, 11) is 1.93. The van der Waals surface area contributed by atoms with Crippen LogP contribution in [0, 0.1) is 11.3 Å². The molecule has 1 aliphatic rings. The van der Waals surface area contributed by atoms with E-state index in [1.165, 1.54) is 19.3 Å². The summed E-state index contributed by atoms with van der Waals surface area (Å²) < 4.78 is 0. The molecule has 1 saturated carbocycles. The molecule has 116 valence electrons. The Morgan fingerprint density at radius 1 is 1.32 bits per heavy atom. The molecule has 0 atom stereocenters. The maximum atomic E-state index is 12.2. The van der Waals surface area contributed by atoms with E-state index in [0.717, 1.165) is 12.8 Å². The van der Waals surface area contributed by atoms with Gasteiger partial charge in [0.2, 0.25) is 0 Å². The number of nitrogens with two attached hydrogens (primary N) is 1. The first-order chi connectivity index (χ1) is 10.6. The Kier molecular flexibility index (Phi) is 5.42. The summed E-state index contributed by atoms with van der Waals surface area (Å²) in [5, 5.41) is 12.0. The highest BCUT2D eigenvalue weighted by Crippen LogP contribution is 2.22. The number of carbonyl (C=O) groups excluding carboxylic acids is 1. The number of nitriles is 1. The third-order valence-corrected chi connectivity index (χ3v) is 4.02. The minimum atomic E-state index is -0.394. The van der Waals surface area contributed by atoms with Gasteiger partial charge in [-0.2, -0.15) is 5.26 Å². The van der Waals surface area contributed by atoms with Crippen molar-refractivity contribution in [3.05, 3.63) is 36.0 Å². The maximum absolute atomic E-state index is 12.2. The van der Waals surface area contributed by atoms with Crippen molar-refractivity contribution in [1.29, 1.82) is 5.26 Å². The molecule has 0 bridgehead atoms. The van der Waals surface area contributed by atoms with Gasteiger partial charge >= 0.3 is 0 Å². The Morgan fingerprint density at radius 3 is 2.55 bits per heavy atom. The van der Waals surface area contributed by atoms with Gasteiger partial charge in [0.1, 0.15) is 11.6 Å². The Morgan fingerprint density at radius 2 is 1.95 bits per heavy atom. The molecule has 0 aliphatic heterocycles. The second-order valence-electron chi connectivity index (χ2n) is 5.69. The van der Waals surface area contributed by atoms with Crippen LogP contribution in [-0.2, 0) is 4.79 Å². The van der Waals surface area contributed by atoms with Crippen LogP contribution in [0.25, 0.3) is 0 Å². The number of carbonyl (C=O) groups is 1. The Balaban J connectivity index is 2.03.